The summed E-state index contributed by atoms with van der Waals surface area (Å²) >= 11 is 0. The van der Waals surface area contributed by atoms with Crippen LogP contribution < -0.4 is 10.6 Å². The van der Waals surface area contributed by atoms with Crippen LogP contribution in [-0.4, -0.2) is 9.97 Å². The van der Waals surface area contributed by atoms with Gasteiger partial charge >= 0.3 is 0 Å². The monoisotopic (exact) mass is 309 g/mol. The van der Waals surface area contributed by atoms with Crippen LogP contribution in [0.2, 0.25) is 0 Å². The van der Waals surface area contributed by atoms with Crippen LogP contribution >= 0.6 is 0 Å². The topological polar surface area (TPSA) is 49.0 Å². The van der Waals surface area contributed by atoms with Gasteiger partial charge in [0.15, 0.2) is 0 Å². The summed E-state index contributed by atoms with van der Waals surface area (Å²) in [5.41, 5.74) is 2.80. The van der Waals surface area contributed by atoms with E-state index in [9.17, 15) is 9.28 Å². The highest BCUT2D eigenvalue weighted by atomic mass is 19.2. The number of hydrogen-bond donors (Lipinski definition) is 1. The van der Waals surface area contributed by atoms with Crippen LogP contribution in [0.5, 0.6) is 0 Å². The second-order valence-electron chi connectivity index (χ2n) is 5.39. The van der Waals surface area contributed by atoms with Gasteiger partial charge in [-0.25, -0.2) is 0 Å². The molecule has 3 aromatic rings. The van der Waals surface area contributed by atoms with E-state index in [0.717, 1.165) is 16.8 Å². The lowest BCUT2D eigenvalue weighted by atomic mass is 10.1. The number of aryl methyl sites for hydroxylation is 2. The van der Waals surface area contributed by atoms with E-state index < -0.39 is 0 Å². The zero-order valence-corrected chi connectivity index (χ0v) is 12.9. The summed E-state index contributed by atoms with van der Waals surface area (Å²) in [5, 5.41) is 0.350. The van der Waals surface area contributed by atoms with Gasteiger partial charge < -0.3 is 4.98 Å². The number of aromatic amines is 1. The number of hydrogen-bond acceptors (Lipinski definition) is 3. The normalized spacial score (nSPS) is 10.6. The average Bonchev–Trinajstić information content (AvgIpc) is 2.56. The summed E-state index contributed by atoms with van der Waals surface area (Å²) in [5.74, 6) is 0. The highest BCUT2D eigenvalue weighted by Gasteiger charge is 2.15. The molecule has 0 bridgehead atoms. The molecule has 2 aromatic heterocycles. The molecule has 0 fully saturated rings. The van der Waals surface area contributed by atoms with Crippen LogP contribution in [0.1, 0.15) is 11.3 Å². The van der Waals surface area contributed by atoms with E-state index in [0.29, 0.717) is 10.7 Å². The molecule has 0 amide bonds. The Labute approximate surface area is 133 Å². The highest BCUT2D eigenvalue weighted by molar-refractivity contribution is 5.69. The number of halogens is 1. The first-order chi connectivity index (χ1) is 11.1. The molecule has 0 unspecified atom stereocenters. The summed E-state index contributed by atoms with van der Waals surface area (Å²) in [6.07, 6.45) is 4.32. The number of anilines is 2. The Morgan fingerprint density at radius 2 is 1.78 bits per heavy atom. The molecule has 5 heteroatoms. The minimum absolute atomic E-state index is 0.0753. The van der Waals surface area contributed by atoms with Gasteiger partial charge in [-0.3, -0.25) is 9.78 Å². The van der Waals surface area contributed by atoms with Crippen molar-refractivity contribution in [3.63, 3.8) is 0 Å². The molecule has 1 N–H and O–H groups in total. The molecule has 23 heavy (non-hydrogen) atoms. The van der Waals surface area contributed by atoms with Crippen LogP contribution in [-0.2, 0) is 0 Å². The number of aromatic nitrogens is 2. The Morgan fingerprint density at radius 1 is 1.04 bits per heavy atom. The van der Waals surface area contributed by atoms with Crippen molar-refractivity contribution in [2.24, 2.45) is 0 Å². The fourth-order valence-electron chi connectivity index (χ4n) is 2.28. The predicted octanol–water partition coefficient (Wildman–Crippen LogP) is 4.08. The van der Waals surface area contributed by atoms with Crippen molar-refractivity contribution in [3.05, 3.63) is 76.5 Å². The molecule has 0 aliphatic carbocycles. The Bertz CT molecular complexity index is 870. The molecular weight excluding hydrogens is 293 g/mol. The SMILES string of the molecule is Cc1ccc(-c2c[nH]cc(N(F)c3ccc(C)nc3)c2=O)cc1. The van der Waals surface area contributed by atoms with Gasteiger partial charge in [0, 0.05) is 23.7 Å². The fourth-order valence-corrected chi connectivity index (χ4v) is 2.28. The van der Waals surface area contributed by atoms with Crippen molar-refractivity contribution >= 4 is 11.4 Å². The van der Waals surface area contributed by atoms with E-state index in [1.807, 2.05) is 38.1 Å². The summed E-state index contributed by atoms with van der Waals surface area (Å²) in [4.78, 5) is 19.5. The number of rotatable bonds is 3. The van der Waals surface area contributed by atoms with Gasteiger partial charge in [-0.2, -0.15) is 5.12 Å². The second-order valence-corrected chi connectivity index (χ2v) is 5.39. The molecule has 0 saturated carbocycles. The molecule has 0 aliphatic rings. The summed E-state index contributed by atoms with van der Waals surface area (Å²) in [6.45, 7) is 3.79. The van der Waals surface area contributed by atoms with Crippen molar-refractivity contribution in [1.29, 1.82) is 0 Å². The third-order valence-corrected chi connectivity index (χ3v) is 3.62. The maximum atomic E-state index is 14.6. The Balaban J connectivity index is 2.04. The molecule has 3 rings (SSSR count). The van der Waals surface area contributed by atoms with E-state index >= 15 is 0 Å². The van der Waals surface area contributed by atoms with Crippen LogP contribution in [0.25, 0.3) is 11.1 Å². The first-order valence-corrected chi connectivity index (χ1v) is 7.23. The average molecular weight is 309 g/mol. The minimum atomic E-state index is -0.379. The third-order valence-electron chi connectivity index (χ3n) is 3.62. The van der Waals surface area contributed by atoms with Gasteiger partial charge in [0.25, 0.3) is 0 Å². The predicted molar refractivity (Wildman–Crippen MR) is 89.5 cm³/mol. The Morgan fingerprint density at radius 3 is 2.43 bits per heavy atom. The standard InChI is InChI=1S/C18H16FN3O/c1-12-3-6-14(7-4-12)16-10-20-11-17(18(16)23)22(19)15-8-5-13(2)21-9-15/h3-11H,1-2H3,(H,20,23). The van der Waals surface area contributed by atoms with Gasteiger partial charge in [-0.15, -0.1) is 0 Å². The van der Waals surface area contributed by atoms with Gasteiger partial charge in [-0.1, -0.05) is 34.3 Å². The molecule has 0 spiro atoms. The summed E-state index contributed by atoms with van der Waals surface area (Å²) < 4.78 is 14.6. The number of pyridine rings is 2. The molecule has 0 atom stereocenters. The van der Waals surface area contributed by atoms with Crippen molar-refractivity contribution in [1.82, 2.24) is 9.97 Å². The number of H-pyrrole nitrogens is 1. The minimum Gasteiger partial charge on any atom is -0.365 e. The highest BCUT2D eigenvalue weighted by Crippen LogP contribution is 2.24. The zero-order valence-electron chi connectivity index (χ0n) is 12.9. The number of benzene rings is 1. The van der Waals surface area contributed by atoms with Gasteiger partial charge in [0.05, 0.1) is 11.9 Å². The van der Waals surface area contributed by atoms with Crippen molar-refractivity contribution in [2.45, 2.75) is 13.8 Å². The number of nitrogens with one attached hydrogen (secondary N) is 1. The largest absolute Gasteiger partial charge is 0.365 e. The van der Waals surface area contributed by atoms with E-state index in [-0.39, 0.29) is 16.8 Å². The van der Waals surface area contributed by atoms with Crippen molar-refractivity contribution in [2.75, 3.05) is 5.12 Å². The second kappa shape index (κ2) is 6.04. The van der Waals surface area contributed by atoms with Gasteiger partial charge in [0.1, 0.15) is 5.69 Å². The number of nitrogens with zero attached hydrogens (tertiary/aromatic N) is 2. The summed E-state index contributed by atoms with van der Waals surface area (Å²) in [6, 6.07) is 10.8. The molecule has 1 aromatic carbocycles. The van der Waals surface area contributed by atoms with E-state index in [4.69, 9.17) is 0 Å². The van der Waals surface area contributed by atoms with Gasteiger partial charge in [0.2, 0.25) is 5.43 Å². The molecule has 4 nitrogen and oxygen atoms in total. The van der Waals surface area contributed by atoms with Crippen LogP contribution in [0.4, 0.5) is 15.9 Å². The molecular formula is C18H16FN3O. The van der Waals surface area contributed by atoms with Crippen LogP contribution in [0.3, 0.4) is 0 Å². The molecule has 0 radical (unpaired) electrons. The molecule has 116 valence electrons. The molecule has 0 aliphatic heterocycles. The first kappa shape index (κ1) is 15.0. The Hall–Kier alpha value is -2.95. The third kappa shape index (κ3) is 2.99. The van der Waals surface area contributed by atoms with Crippen molar-refractivity contribution < 1.29 is 4.48 Å². The van der Waals surface area contributed by atoms with E-state index in [1.165, 1.54) is 12.4 Å². The maximum Gasteiger partial charge on any atom is 0.215 e. The van der Waals surface area contributed by atoms with E-state index in [1.54, 1.807) is 18.3 Å². The lowest BCUT2D eigenvalue weighted by Gasteiger charge is -2.13. The first-order valence-electron chi connectivity index (χ1n) is 7.23. The summed E-state index contributed by atoms with van der Waals surface area (Å²) in [7, 11) is 0. The van der Waals surface area contributed by atoms with E-state index in [2.05, 4.69) is 9.97 Å². The molecule has 2 heterocycles. The maximum absolute atomic E-state index is 14.6. The van der Waals surface area contributed by atoms with Crippen LogP contribution in [0.15, 0.2) is 59.8 Å². The lowest BCUT2D eigenvalue weighted by Crippen LogP contribution is -2.17. The van der Waals surface area contributed by atoms with Gasteiger partial charge in [-0.05, 0) is 31.5 Å². The quantitative estimate of drug-likeness (QED) is 0.742. The fraction of sp³-hybridized carbons (Fsp3) is 0.111. The lowest BCUT2D eigenvalue weighted by molar-refractivity contribution is 0.502. The zero-order chi connectivity index (χ0) is 16.4. The Kier molecular flexibility index (Phi) is 3.93. The molecule has 0 saturated heterocycles. The smallest absolute Gasteiger partial charge is 0.215 e. The van der Waals surface area contributed by atoms with Crippen molar-refractivity contribution in [3.8, 4) is 11.1 Å². The van der Waals surface area contributed by atoms with Crippen LogP contribution in [0, 0.1) is 13.8 Å².